The van der Waals surface area contributed by atoms with Gasteiger partial charge in [-0.3, -0.25) is 15.0 Å². The highest BCUT2D eigenvalue weighted by molar-refractivity contribution is 6.03. The molecule has 9 aromatic rings. The first kappa shape index (κ1) is 76.7. The van der Waals surface area contributed by atoms with Crippen molar-refractivity contribution >= 4 is 109 Å². The molecule has 1 N–H and O–H groups in total. The standard InChI is InChI=1S/C33H37N3O5.C30H32N2O3.C29H30N2O3/c1-22(2)30(37)39-19-16-34-31(38)40-18-9-8-17-36-27-14-12-23(3)20-26(27)32(4,5)33(36)21-35-29-25-11-7-6-10-24(25)13-15-28(29)41-33;1-20(2)28(33)34-17-9-8-16-32-25-14-12-21(3)18-24(25)29(4,5)30(32)19-31-27-23-11-7-6-10-22(23)13-15-26(27)35-30;1-5-26(32)33-17-9-8-16-31-24-14-12-20(2)18-23(24)28(3,4)29(31)19-30-27-22-11-7-6-10-21(22)13-15-25(27)34-29/h6-7,10-15,20-21H,1,8-9,16-19H2,2-5H3,(H,34,38);6-7,10-15,18-19H,1,8-9,16-17H2,2-5H3;5-7,10-15,18-19H,1,8-9,16-17H2,2-4H3. The fourth-order valence-corrected chi connectivity index (χ4v) is 16.0. The number of esters is 3. The third-order valence-corrected chi connectivity index (χ3v) is 22.2. The Balaban J connectivity index is 0.000000146. The number of ether oxygens (including phenoxy) is 7. The van der Waals surface area contributed by atoms with Gasteiger partial charge in [0.25, 0.3) is 0 Å². The summed E-state index contributed by atoms with van der Waals surface area (Å²) in [6.07, 6.45) is 11.3. The van der Waals surface area contributed by atoms with Gasteiger partial charge in [0.15, 0.2) is 0 Å². The zero-order valence-electron chi connectivity index (χ0n) is 65.1. The number of nitrogens with one attached hydrogen (secondary N) is 1. The van der Waals surface area contributed by atoms with Gasteiger partial charge in [0.05, 0.1) is 61.3 Å². The van der Waals surface area contributed by atoms with Gasteiger partial charge in [0.1, 0.15) is 40.9 Å². The number of hydrogen-bond acceptors (Lipinski definition) is 17. The number of rotatable bonds is 21. The van der Waals surface area contributed by atoms with E-state index < -0.39 is 29.2 Å². The van der Waals surface area contributed by atoms with Crippen LogP contribution in [0.25, 0.3) is 32.3 Å². The summed E-state index contributed by atoms with van der Waals surface area (Å²) in [7, 11) is 0. The van der Waals surface area contributed by atoms with Crippen LogP contribution in [0.3, 0.4) is 0 Å². The van der Waals surface area contributed by atoms with Gasteiger partial charge >= 0.3 is 24.0 Å². The third-order valence-electron chi connectivity index (χ3n) is 22.2. The number of amides is 1. The molecule has 0 saturated heterocycles. The Morgan fingerprint density at radius 3 is 1.10 bits per heavy atom. The molecule has 3 spiro atoms. The van der Waals surface area contributed by atoms with Crippen molar-refractivity contribution in [2.45, 2.75) is 148 Å². The molecule has 6 aliphatic rings. The van der Waals surface area contributed by atoms with E-state index in [-0.39, 0.29) is 47.9 Å². The topological polar surface area (TPSA) is 192 Å². The van der Waals surface area contributed by atoms with Gasteiger partial charge < -0.3 is 53.2 Å². The van der Waals surface area contributed by atoms with Crippen LogP contribution < -0.4 is 34.2 Å². The van der Waals surface area contributed by atoms with Crippen LogP contribution in [-0.2, 0) is 49.6 Å². The van der Waals surface area contributed by atoms with E-state index in [2.05, 4.69) is 211 Å². The summed E-state index contributed by atoms with van der Waals surface area (Å²) in [5.74, 6) is 1.15. The second kappa shape index (κ2) is 31.2. The number of nitrogens with zero attached hydrogens (tertiary/aromatic N) is 6. The van der Waals surface area contributed by atoms with Crippen molar-refractivity contribution in [3.05, 3.63) is 234 Å². The molecular formula is C92H99N7O11. The molecule has 15 rings (SSSR count). The van der Waals surface area contributed by atoms with Gasteiger partial charge in [-0.2, -0.15) is 0 Å². The average molecular weight is 1480 g/mol. The number of carbonyl (C=O) groups excluding carboxylic acids is 4. The van der Waals surface area contributed by atoms with Crippen molar-refractivity contribution in [2.24, 2.45) is 15.0 Å². The lowest BCUT2D eigenvalue weighted by molar-refractivity contribution is -0.139. The number of hydrogen-bond donors (Lipinski definition) is 1. The fourth-order valence-electron chi connectivity index (χ4n) is 16.0. The lowest BCUT2D eigenvalue weighted by Crippen LogP contribution is -2.62. The molecule has 110 heavy (non-hydrogen) atoms. The van der Waals surface area contributed by atoms with Crippen LogP contribution in [0.4, 0.5) is 38.9 Å². The summed E-state index contributed by atoms with van der Waals surface area (Å²) in [4.78, 5) is 68.6. The van der Waals surface area contributed by atoms with Gasteiger partial charge in [-0.15, -0.1) is 0 Å². The van der Waals surface area contributed by atoms with E-state index in [0.717, 1.165) is 129 Å². The van der Waals surface area contributed by atoms with Gasteiger partial charge in [-0.05, 0) is 184 Å². The van der Waals surface area contributed by atoms with E-state index in [1.54, 1.807) is 13.8 Å². The minimum Gasteiger partial charge on any atom is -0.463 e. The van der Waals surface area contributed by atoms with Crippen LogP contribution in [-0.4, -0.2) is 112 Å². The molecule has 3 atom stereocenters. The van der Waals surface area contributed by atoms with Crippen molar-refractivity contribution in [2.75, 3.05) is 67.3 Å². The monoisotopic (exact) mass is 1480 g/mol. The first-order valence-electron chi connectivity index (χ1n) is 38.0. The maximum atomic E-state index is 12.0. The van der Waals surface area contributed by atoms with E-state index in [1.807, 2.05) is 73.2 Å². The third kappa shape index (κ3) is 14.2. The maximum Gasteiger partial charge on any atom is 0.407 e. The summed E-state index contributed by atoms with van der Waals surface area (Å²) < 4.78 is 41.6. The second-order valence-electron chi connectivity index (χ2n) is 30.9. The normalized spacial score (nSPS) is 18.9. The zero-order chi connectivity index (χ0) is 77.9. The lowest BCUT2D eigenvalue weighted by Gasteiger charge is -2.46. The number of alkyl carbamates (subject to hydrolysis) is 1. The Morgan fingerprint density at radius 2 is 0.755 bits per heavy atom. The molecule has 6 heterocycles. The molecule has 6 aliphatic heterocycles. The van der Waals surface area contributed by atoms with Crippen LogP contribution in [0.15, 0.2) is 216 Å². The number of aliphatic imine (C=N–C) groups is 3. The molecule has 0 fully saturated rings. The van der Waals surface area contributed by atoms with Crippen molar-refractivity contribution < 1.29 is 52.3 Å². The van der Waals surface area contributed by atoms with Crippen molar-refractivity contribution in [3.63, 3.8) is 0 Å². The predicted molar refractivity (Wildman–Crippen MR) is 441 cm³/mol. The molecular weight excluding hydrogens is 1380 g/mol. The number of anilines is 3. The molecule has 0 radical (unpaired) electrons. The van der Waals surface area contributed by atoms with Gasteiger partial charge in [-0.25, -0.2) is 19.2 Å². The van der Waals surface area contributed by atoms with Crippen molar-refractivity contribution in [3.8, 4) is 17.2 Å². The van der Waals surface area contributed by atoms with Crippen molar-refractivity contribution in [1.29, 1.82) is 0 Å². The smallest absolute Gasteiger partial charge is 0.407 e. The molecule has 9 aromatic carbocycles. The Labute approximate surface area is 645 Å². The van der Waals surface area contributed by atoms with Gasteiger partial charge in [-0.1, -0.05) is 164 Å². The van der Waals surface area contributed by atoms with E-state index in [1.165, 1.54) is 39.5 Å². The van der Waals surface area contributed by atoms with E-state index >= 15 is 0 Å². The SMILES string of the molecule is C=C(C)C(=O)OCCCCN1c2ccc(C)cc2C(C)(C)C12C=Nc1c(ccc3ccccc13)O2.C=C(C)C(=O)OCCNC(=O)OCCCCN1c2ccc(C)cc2C(C)(C)C12C=Nc1c(ccc3ccccc13)O2.C=CC(=O)OCCCCN1c2ccc(C)cc2C(C)(C)C12C=Nc1c(ccc3ccccc13)O2. The first-order valence-corrected chi connectivity index (χ1v) is 38.0. The first-order chi connectivity index (χ1) is 52.7. The molecule has 3 unspecified atom stereocenters. The van der Waals surface area contributed by atoms with Crippen LogP contribution in [0.2, 0.25) is 0 Å². The second-order valence-corrected chi connectivity index (χ2v) is 30.9. The number of unbranched alkanes of at least 4 members (excludes halogenated alkanes) is 3. The number of aryl methyl sites for hydroxylation is 3. The minimum absolute atomic E-state index is 0.0625. The van der Waals surface area contributed by atoms with E-state index in [4.69, 9.17) is 48.1 Å². The van der Waals surface area contributed by atoms with Crippen LogP contribution in [0.1, 0.15) is 127 Å². The summed E-state index contributed by atoms with van der Waals surface area (Å²) in [6, 6.07) is 56.8. The molecule has 0 aliphatic carbocycles. The molecule has 0 aromatic heterocycles. The maximum absolute atomic E-state index is 12.0. The van der Waals surface area contributed by atoms with Crippen LogP contribution in [0.5, 0.6) is 17.2 Å². The molecule has 18 heteroatoms. The molecule has 568 valence electrons. The quantitative estimate of drug-likeness (QED) is 0.0309. The predicted octanol–water partition coefficient (Wildman–Crippen LogP) is 19.2. The molecule has 1 amide bonds. The lowest BCUT2D eigenvalue weighted by atomic mass is 9.77. The summed E-state index contributed by atoms with van der Waals surface area (Å²) in [6.45, 7) is 37.0. The molecule has 0 saturated carbocycles. The van der Waals surface area contributed by atoms with E-state index in [0.29, 0.717) is 37.3 Å². The van der Waals surface area contributed by atoms with Crippen LogP contribution >= 0.6 is 0 Å². The average Bonchev–Trinajstić information content (AvgIpc) is 1.55. The highest BCUT2D eigenvalue weighted by atomic mass is 16.6. The van der Waals surface area contributed by atoms with Gasteiger partial charge in [0.2, 0.25) is 17.2 Å². The number of fused-ring (bicyclic) bond motifs is 12. The Bertz CT molecular complexity index is 5210. The highest BCUT2D eigenvalue weighted by Gasteiger charge is 2.62. The Hall–Kier alpha value is -11.5. The van der Waals surface area contributed by atoms with Crippen LogP contribution in [0, 0.1) is 20.8 Å². The number of benzene rings is 9. The summed E-state index contributed by atoms with van der Waals surface area (Å²) in [5, 5.41) is 9.25. The molecule has 0 bridgehead atoms. The summed E-state index contributed by atoms with van der Waals surface area (Å²) >= 11 is 0. The zero-order valence-corrected chi connectivity index (χ0v) is 65.1. The van der Waals surface area contributed by atoms with Gasteiger partial charge in [0, 0.05) is 70.1 Å². The Morgan fingerprint density at radius 1 is 0.427 bits per heavy atom. The molecule has 18 nitrogen and oxygen atoms in total. The summed E-state index contributed by atoms with van der Waals surface area (Å²) in [5.41, 5.74) is 10.8. The largest absolute Gasteiger partial charge is 0.463 e. The fraction of sp³-hybridized carbons (Fsp3) is 0.337. The number of carbonyl (C=O) groups is 4. The minimum atomic E-state index is -0.807. The van der Waals surface area contributed by atoms with E-state index in [9.17, 15) is 19.2 Å². The Kier molecular flexibility index (Phi) is 21.8. The highest BCUT2D eigenvalue weighted by Crippen LogP contribution is 2.59. The van der Waals surface area contributed by atoms with Crippen molar-refractivity contribution in [1.82, 2.24) is 5.32 Å².